The van der Waals surface area contributed by atoms with Gasteiger partial charge in [0.2, 0.25) is 5.91 Å². The Morgan fingerprint density at radius 1 is 1.11 bits per heavy atom. The number of ketones is 1. The van der Waals surface area contributed by atoms with Gasteiger partial charge in [0.1, 0.15) is 16.4 Å². The third kappa shape index (κ3) is 4.25. The average Bonchev–Trinajstić information content (AvgIpc) is 2.95. The van der Waals surface area contributed by atoms with Gasteiger partial charge in [-0.25, -0.2) is 0 Å². The number of hydrogen-bond acceptors (Lipinski definition) is 5. The number of amides is 1. The molecule has 28 heavy (non-hydrogen) atoms. The number of benzene rings is 2. The van der Waals surface area contributed by atoms with Crippen molar-refractivity contribution in [3.63, 3.8) is 0 Å². The van der Waals surface area contributed by atoms with Gasteiger partial charge in [0.25, 0.3) is 0 Å². The Bertz CT molecular complexity index is 1010. The molecule has 2 aromatic rings. The molecule has 0 saturated heterocycles. The molecule has 1 aliphatic heterocycles. The smallest absolute Gasteiger partial charge is 0.339 e. The van der Waals surface area contributed by atoms with Crippen LogP contribution < -0.4 is 9.08 Å². The highest BCUT2D eigenvalue weighted by Crippen LogP contribution is 2.34. The van der Waals surface area contributed by atoms with Gasteiger partial charge in [0.15, 0.2) is 0 Å². The maximum atomic E-state index is 12.7. The molecule has 7 heteroatoms. The van der Waals surface area contributed by atoms with E-state index in [0.29, 0.717) is 19.3 Å². The summed E-state index contributed by atoms with van der Waals surface area (Å²) in [6.45, 7) is 4.97. The maximum absolute atomic E-state index is 12.7. The van der Waals surface area contributed by atoms with Crippen molar-refractivity contribution in [3.05, 3.63) is 53.6 Å². The van der Waals surface area contributed by atoms with E-state index < -0.39 is 10.1 Å². The van der Waals surface area contributed by atoms with E-state index in [1.165, 1.54) is 19.9 Å². The molecule has 0 saturated carbocycles. The normalized spacial score (nSPS) is 16.0. The highest BCUT2D eigenvalue weighted by atomic mass is 32.2. The highest BCUT2D eigenvalue weighted by Gasteiger charge is 2.30. The van der Waals surface area contributed by atoms with E-state index in [4.69, 9.17) is 4.18 Å². The Morgan fingerprint density at radius 3 is 2.39 bits per heavy atom. The van der Waals surface area contributed by atoms with Crippen molar-refractivity contribution < 1.29 is 22.2 Å². The van der Waals surface area contributed by atoms with Gasteiger partial charge in [0.05, 0.1) is 0 Å². The number of hydrogen-bond donors (Lipinski definition) is 0. The molecule has 1 atom stereocenters. The number of fused-ring (bicyclic) bond motifs is 1. The second-order valence-corrected chi connectivity index (χ2v) is 8.66. The quantitative estimate of drug-likeness (QED) is 0.694. The zero-order valence-corrected chi connectivity index (χ0v) is 17.0. The zero-order valence-electron chi connectivity index (χ0n) is 16.1. The van der Waals surface area contributed by atoms with Gasteiger partial charge in [0, 0.05) is 25.1 Å². The molecule has 0 radical (unpaired) electrons. The van der Waals surface area contributed by atoms with Crippen molar-refractivity contribution in [1.82, 2.24) is 0 Å². The minimum atomic E-state index is -3.99. The predicted molar refractivity (Wildman–Crippen MR) is 106 cm³/mol. The summed E-state index contributed by atoms with van der Waals surface area (Å²) in [5.41, 5.74) is 2.50. The molecule has 1 aliphatic rings. The van der Waals surface area contributed by atoms with Crippen LogP contribution >= 0.6 is 0 Å². The van der Waals surface area contributed by atoms with Crippen LogP contribution in [-0.2, 0) is 32.5 Å². The van der Waals surface area contributed by atoms with Crippen LogP contribution in [0.4, 0.5) is 5.69 Å². The van der Waals surface area contributed by atoms with Crippen molar-refractivity contribution in [1.29, 1.82) is 0 Å². The zero-order chi connectivity index (χ0) is 20.5. The minimum Gasteiger partial charge on any atom is -0.379 e. The fourth-order valence-electron chi connectivity index (χ4n) is 3.45. The van der Waals surface area contributed by atoms with Crippen LogP contribution in [0.2, 0.25) is 0 Å². The van der Waals surface area contributed by atoms with Crippen LogP contribution in [0.5, 0.6) is 5.75 Å². The lowest BCUT2D eigenvalue weighted by Gasteiger charge is -2.20. The fraction of sp³-hybridized carbons (Fsp3) is 0.333. The summed E-state index contributed by atoms with van der Waals surface area (Å²) in [5.74, 6) is 0.256. The monoisotopic (exact) mass is 401 g/mol. The number of aryl methyl sites for hydroxylation is 1. The molecular weight excluding hydrogens is 378 g/mol. The first-order chi connectivity index (χ1) is 13.2. The SMILES string of the molecule is CC(=O)CCc1ccc(OS(=O)(=O)c2ccc3c(c2)C[C@H](C)N3C(C)=O)cc1. The molecule has 6 nitrogen and oxygen atoms in total. The van der Waals surface area contributed by atoms with Crippen molar-refractivity contribution >= 4 is 27.5 Å². The predicted octanol–water partition coefficient (Wildman–Crippen LogP) is 3.27. The van der Waals surface area contributed by atoms with Gasteiger partial charge in [-0.1, -0.05) is 12.1 Å². The van der Waals surface area contributed by atoms with E-state index in [1.807, 2.05) is 6.92 Å². The van der Waals surface area contributed by atoms with E-state index in [0.717, 1.165) is 16.8 Å². The molecule has 0 bridgehead atoms. The van der Waals surface area contributed by atoms with Crippen LogP contribution in [0.15, 0.2) is 47.4 Å². The number of carbonyl (C=O) groups excluding carboxylic acids is 2. The summed E-state index contributed by atoms with van der Waals surface area (Å²) in [6, 6.07) is 11.4. The Labute approximate surface area is 165 Å². The fourth-order valence-corrected chi connectivity index (χ4v) is 4.43. The Morgan fingerprint density at radius 2 is 1.79 bits per heavy atom. The molecule has 0 N–H and O–H groups in total. The van der Waals surface area contributed by atoms with Gasteiger partial charge in [-0.3, -0.25) is 4.79 Å². The van der Waals surface area contributed by atoms with Gasteiger partial charge in [-0.05, 0) is 68.1 Å². The molecular formula is C21H23NO5S. The molecule has 3 rings (SSSR count). The van der Waals surface area contributed by atoms with Crippen LogP contribution in [0.25, 0.3) is 0 Å². The summed E-state index contributed by atoms with van der Waals surface area (Å²) in [5, 5.41) is 0. The highest BCUT2D eigenvalue weighted by molar-refractivity contribution is 7.87. The van der Waals surface area contributed by atoms with Crippen LogP contribution in [0, 0.1) is 0 Å². The van der Waals surface area contributed by atoms with Crippen LogP contribution in [0.3, 0.4) is 0 Å². The summed E-state index contributed by atoms with van der Waals surface area (Å²) in [7, 11) is -3.99. The van der Waals surface area contributed by atoms with E-state index in [-0.39, 0.29) is 28.4 Å². The molecule has 1 amide bonds. The lowest BCUT2D eigenvalue weighted by atomic mass is 10.1. The van der Waals surface area contributed by atoms with Gasteiger partial charge in [-0.2, -0.15) is 8.42 Å². The van der Waals surface area contributed by atoms with Crippen molar-refractivity contribution in [2.24, 2.45) is 0 Å². The minimum absolute atomic E-state index is 0.00563. The molecule has 0 unspecified atom stereocenters. The van der Waals surface area contributed by atoms with Gasteiger partial charge >= 0.3 is 10.1 Å². The molecule has 0 aromatic heterocycles. The molecule has 0 fully saturated rings. The summed E-state index contributed by atoms with van der Waals surface area (Å²) < 4.78 is 30.6. The lowest BCUT2D eigenvalue weighted by molar-refractivity contribution is -0.117. The van der Waals surface area contributed by atoms with Crippen molar-refractivity contribution in [2.45, 2.75) is 51.0 Å². The second-order valence-electron chi connectivity index (χ2n) is 7.12. The second kappa shape index (κ2) is 7.75. The third-order valence-electron chi connectivity index (χ3n) is 4.79. The topological polar surface area (TPSA) is 80.8 Å². The number of nitrogens with zero attached hydrogens (tertiary/aromatic N) is 1. The average molecular weight is 401 g/mol. The van der Waals surface area contributed by atoms with Gasteiger partial charge < -0.3 is 13.9 Å². The molecule has 148 valence electrons. The third-order valence-corrected chi connectivity index (χ3v) is 6.03. The van der Waals surface area contributed by atoms with Gasteiger partial charge in [-0.15, -0.1) is 0 Å². The largest absolute Gasteiger partial charge is 0.379 e. The first kappa shape index (κ1) is 20.1. The number of carbonyl (C=O) groups is 2. The maximum Gasteiger partial charge on any atom is 0.339 e. The summed E-state index contributed by atoms with van der Waals surface area (Å²) in [6.07, 6.45) is 1.66. The van der Waals surface area contributed by atoms with E-state index >= 15 is 0 Å². The standard InChI is InChI=1S/C21H23NO5S/c1-14-12-18-13-20(10-11-21(18)22(14)16(3)24)28(25,26)27-19-8-6-17(7-9-19)5-4-15(2)23/h6-11,13-14H,4-5,12H2,1-3H3/t14-/m0/s1. The van der Waals surface area contributed by atoms with Crippen LogP contribution in [-0.4, -0.2) is 26.2 Å². The van der Waals surface area contributed by atoms with Crippen LogP contribution in [0.1, 0.15) is 38.3 Å². The number of rotatable bonds is 6. The van der Waals surface area contributed by atoms with E-state index in [9.17, 15) is 18.0 Å². The van der Waals surface area contributed by atoms with Crippen molar-refractivity contribution in [2.75, 3.05) is 4.90 Å². The first-order valence-electron chi connectivity index (χ1n) is 9.13. The molecule has 0 spiro atoms. The summed E-state index contributed by atoms with van der Waals surface area (Å²) in [4.78, 5) is 24.6. The van der Waals surface area contributed by atoms with E-state index in [2.05, 4.69) is 0 Å². The first-order valence-corrected chi connectivity index (χ1v) is 10.5. The number of anilines is 1. The summed E-state index contributed by atoms with van der Waals surface area (Å²) >= 11 is 0. The Hall–Kier alpha value is -2.67. The Balaban J connectivity index is 1.78. The van der Waals surface area contributed by atoms with E-state index in [1.54, 1.807) is 41.3 Å². The lowest BCUT2D eigenvalue weighted by Crippen LogP contribution is -2.33. The van der Waals surface area contributed by atoms with Crippen molar-refractivity contribution in [3.8, 4) is 5.75 Å². The molecule has 0 aliphatic carbocycles. The molecule has 1 heterocycles. The molecule has 2 aromatic carbocycles. The number of Topliss-reactive ketones (excluding diaryl/α,β-unsaturated/α-hetero) is 1. The Kier molecular flexibility index (Phi) is 5.56.